The van der Waals surface area contributed by atoms with Crippen LogP contribution in [0.1, 0.15) is 57.2 Å². The maximum absolute atomic E-state index is 7.29. The molecule has 8 nitrogen and oxygen atoms in total. The van der Waals surface area contributed by atoms with Crippen molar-refractivity contribution in [3.05, 3.63) is 458 Å². The quantitative estimate of drug-likeness (QED) is 0.132. The Kier molecular flexibility index (Phi) is 39.7. The molecule has 0 aliphatic carbocycles. The minimum atomic E-state index is -2.16. The molecule has 0 aliphatic heterocycles. The zero-order valence-corrected chi connectivity index (χ0v) is 78.1. The van der Waals surface area contributed by atoms with Crippen LogP contribution >= 0.6 is 0 Å². The van der Waals surface area contributed by atoms with Crippen molar-refractivity contribution in [1.82, 2.24) is 39.9 Å². The summed E-state index contributed by atoms with van der Waals surface area (Å²) in [5.74, 6) is 0. The third kappa shape index (κ3) is 33.4. The molecule has 591 valence electrons. The van der Waals surface area contributed by atoms with E-state index in [4.69, 9.17) is 12.3 Å². The number of aryl methyl sites for hydroxylation is 8. The Balaban J connectivity index is 0.000000298. The van der Waals surface area contributed by atoms with Crippen LogP contribution in [0.2, 0.25) is 0 Å². The zero-order valence-electron chi connectivity index (χ0n) is 72.7. The smallest absolute Gasteiger partial charge is 0.305 e. The molecule has 0 bridgehead atoms. The van der Waals surface area contributed by atoms with Crippen LogP contribution < -0.4 is 0 Å². The summed E-state index contributed by atoms with van der Waals surface area (Å²) in [6, 6.07) is 130. The predicted molar refractivity (Wildman–Crippen MR) is 451 cm³/mol. The fraction of sp³-hybridized carbons (Fsp3) is 0.0784. The van der Waals surface area contributed by atoms with E-state index in [0.717, 1.165) is 84.4 Å². The SMILES string of the molecule is Cc1cc(-c2[c-]cccc2)ncc1-c1ccccc1.Cc1cc[c-]c(-c2ccccn2)c1.Cc1cccc(-c2[c-]cccc2)n1.Cc1cccnc1-c1[c-]cccc1.Cc1ccnc(-c2[c-]cccc2)c1.[2H]C([2H])([2H])c1ccc(-c2[c-]cccc2)nc1.[2H]C([2H])([2H])c1cccc(-c2[c-]cccc2)n1.[2H]C([2H])([2H])c1cccc(-c2[c-]cccc2)n1.[Ir+3].[Ir].[Ir].[Ir].[Ir].[Ir]. The van der Waals surface area contributed by atoms with Gasteiger partial charge in [-0.1, -0.05) is 127 Å². The first-order chi connectivity index (χ1) is 57.5. The normalized spacial score (nSPS) is 11.0. The standard InChI is InChI=1S/C18H14N.7C12H10N.6Ir/c1-14-12-18(16-10-6-3-7-11-16)19-13-17(14)15-8-4-2-5-9-15;1-10-5-4-6-11(9-10)12-7-2-3-8-13-12;1-10-6-5-9-13-12(10)11-7-3-2-4-8-11;3*1-10-6-5-9-12(13-10)11-7-3-2-4-8-11;1-10-7-8-13-12(9-10)11-5-3-2-4-6-11;1-10-7-8-12(13-9-10)11-5-3-2-4-6-11;;;;;;/h2-10,12-13H,1H3;2-5,7-9H,1H3;4*2-7,9H,1H3;2*2-5,7-9H,1H3;;;;;;/q8*-1;;;;;;+3/i;;;2*1D3;;;1D3;;;;;;. The van der Waals surface area contributed by atoms with E-state index < -0.39 is 20.6 Å². The summed E-state index contributed by atoms with van der Waals surface area (Å²) in [5, 5.41) is 0. The maximum atomic E-state index is 7.29. The van der Waals surface area contributed by atoms with Gasteiger partial charge in [-0.15, -0.1) is 287 Å². The Morgan fingerprint density at radius 3 is 1.05 bits per heavy atom. The fourth-order valence-corrected chi connectivity index (χ4v) is 10.6. The molecule has 17 aromatic rings. The molecular formula is C102H84Ir6N8-5. The second-order valence-corrected chi connectivity index (χ2v) is 24.5. The molecule has 9 aromatic carbocycles. The number of hydrogen-bond acceptors (Lipinski definition) is 8. The molecule has 116 heavy (non-hydrogen) atoms. The van der Waals surface area contributed by atoms with Gasteiger partial charge >= 0.3 is 20.1 Å². The van der Waals surface area contributed by atoms with E-state index in [2.05, 4.69) is 152 Å². The molecule has 0 atom stereocenters. The van der Waals surface area contributed by atoms with Gasteiger partial charge in [0.05, 0.1) is 0 Å². The first-order valence-corrected chi connectivity index (χ1v) is 35.4. The second-order valence-electron chi connectivity index (χ2n) is 24.5. The Morgan fingerprint density at radius 2 is 0.638 bits per heavy atom. The van der Waals surface area contributed by atoms with Crippen molar-refractivity contribution >= 4 is 0 Å². The molecular weight excluding hydrogens is 2490 g/mol. The van der Waals surface area contributed by atoms with Gasteiger partial charge in [0.1, 0.15) is 0 Å². The topological polar surface area (TPSA) is 103 Å². The number of aromatic nitrogens is 8. The third-order valence-corrected chi connectivity index (χ3v) is 16.0. The number of hydrogen-bond donors (Lipinski definition) is 0. The molecule has 0 unspecified atom stereocenters. The Morgan fingerprint density at radius 1 is 0.241 bits per heavy atom. The van der Waals surface area contributed by atoms with Gasteiger partial charge in [-0.3, -0.25) is 0 Å². The molecule has 0 N–H and O–H groups in total. The first kappa shape index (κ1) is 84.0. The van der Waals surface area contributed by atoms with E-state index in [9.17, 15) is 0 Å². The van der Waals surface area contributed by atoms with Crippen molar-refractivity contribution in [3.8, 4) is 101 Å². The molecule has 5 radical (unpaired) electrons. The molecule has 8 heterocycles. The van der Waals surface area contributed by atoms with Crippen LogP contribution in [0.4, 0.5) is 0 Å². The molecule has 0 saturated carbocycles. The van der Waals surface area contributed by atoms with Gasteiger partial charge in [-0.05, 0) is 147 Å². The summed E-state index contributed by atoms with van der Waals surface area (Å²) in [6.45, 7) is 3.89. The molecule has 0 fully saturated rings. The Bertz CT molecular complexity index is 5590. The monoisotopic (exact) mass is 2590 g/mol. The van der Waals surface area contributed by atoms with Crippen molar-refractivity contribution in [2.24, 2.45) is 0 Å². The Labute approximate surface area is 780 Å². The molecule has 0 aliphatic rings. The van der Waals surface area contributed by atoms with Gasteiger partial charge in [-0.25, -0.2) is 0 Å². The summed E-state index contributed by atoms with van der Waals surface area (Å²) < 4.78 is 65.5. The average molecular weight is 2580 g/mol. The average Bonchev–Trinajstić information content (AvgIpc) is 0.857. The van der Waals surface area contributed by atoms with E-state index in [-0.39, 0.29) is 138 Å². The number of rotatable bonds is 9. The number of benzene rings is 9. The largest absolute Gasteiger partial charge is 3.00 e. The van der Waals surface area contributed by atoms with Gasteiger partial charge in [0.2, 0.25) is 0 Å². The molecule has 8 aromatic heterocycles. The van der Waals surface area contributed by atoms with Gasteiger partial charge in [0, 0.05) is 166 Å². The summed E-state index contributed by atoms with van der Waals surface area (Å²) in [5.41, 5.74) is 23.4. The van der Waals surface area contributed by atoms with Gasteiger partial charge < -0.3 is 39.9 Å². The van der Waals surface area contributed by atoms with E-state index in [1.807, 2.05) is 256 Å². The molecule has 0 saturated heterocycles. The summed E-state index contributed by atoms with van der Waals surface area (Å²) in [7, 11) is 0. The van der Waals surface area contributed by atoms with E-state index in [0.29, 0.717) is 11.4 Å². The van der Waals surface area contributed by atoms with E-state index >= 15 is 0 Å². The van der Waals surface area contributed by atoms with Crippen molar-refractivity contribution in [1.29, 1.82) is 0 Å². The van der Waals surface area contributed by atoms with E-state index in [1.165, 1.54) is 51.7 Å². The van der Waals surface area contributed by atoms with Crippen molar-refractivity contribution in [3.63, 3.8) is 0 Å². The minimum Gasteiger partial charge on any atom is -0.305 e. The van der Waals surface area contributed by atoms with Crippen LogP contribution in [0.25, 0.3) is 101 Å². The van der Waals surface area contributed by atoms with Gasteiger partial charge in [-0.2, -0.15) is 0 Å². The molecule has 14 heteroatoms. The van der Waals surface area contributed by atoms with Crippen LogP contribution in [-0.2, 0) is 121 Å². The maximum Gasteiger partial charge on any atom is 3.00 e. The first-order valence-electron chi connectivity index (χ1n) is 39.9. The van der Waals surface area contributed by atoms with Crippen LogP contribution in [0.15, 0.2) is 365 Å². The fourth-order valence-electron chi connectivity index (χ4n) is 10.6. The van der Waals surface area contributed by atoms with Gasteiger partial charge in [0.25, 0.3) is 0 Å². The summed E-state index contributed by atoms with van der Waals surface area (Å²) in [4.78, 5) is 34.2. The number of nitrogens with zero attached hydrogens (tertiary/aromatic N) is 8. The zero-order chi connectivity index (χ0) is 84.3. The molecule has 0 spiro atoms. The van der Waals surface area contributed by atoms with Crippen LogP contribution in [0, 0.1) is 104 Å². The minimum absolute atomic E-state index is 0. The number of pyridine rings is 8. The van der Waals surface area contributed by atoms with Crippen LogP contribution in [0.5, 0.6) is 0 Å². The van der Waals surface area contributed by atoms with Crippen LogP contribution in [-0.4, -0.2) is 39.9 Å². The second kappa shape index (κ2) is 54.8. The summed E-state index contributed by atoms with van der Waals surface area (Å²) in [6.07, 6.45) is 8.77. The Hall–Kier alpha value is -9.92. The molecule has 17 rings (SSSR count). The van der Waals surface area contributed by atoms with E-state index in [1.54, 1.807) is 60.8 Å². The molecule has 0 amide bonds. The van der Waals surface area contributed by atoms with Crippen molar-refractivity contribution in [2.45, 2.75) is 55.2 Å². The predicted octanol–water partition coefficient (Wildman–Crippen LogP) is 24.5. The summed E-state index contributed by atoms with van der Waals surface area (Å²) >= 11 is 0. The third-order valence-electron chi connectivity index (χ3n) is 16.0. The van der Waals surface area contributed by atoms with Crippen molar-refractivity contribution in [2.75, 3.05) is 0 Å². The van der Waals surface area contributed by atoms with Gasteiger partial charge in [0.15, 0.2) is 0 Å². The van der Waals surface area contributed by atoms with Crippen LogP contribution in [0.3, 0.4) is 0 Å². The van der Waals surface area contributed by atoms with Crippen molar-refractivity contribution < 1.29 is 133 Å².